The molecule has 0 heterocycles. The molecule has 0 saturated carbocycles. The lowest BCUT2D eigenvalue weighted by molar-refractivity contribution is 0.484. The first kappa shape index (κ1) is 16.0. The number of hydrogen-bond acceptors (Lipinski definition) is 4. The zero-order valence-corrected chi connectivity index (χ0v) is 14.4. The van der Waals surface area contributed by atoms with Crippen molar-refractivity contribution in [2.75, 3.05) is 0 Å². The lowest BCUT2D eigenvalue weighted by Crippen LogP contribution is -2.15. The molecular formula is C15H13IO4S. The molecule has 2 aromatic rings. The van der Waals surface area contributed by atoms with Crippen LogP contribution in [0.25, 0.3) is 0 Å². The molecular weight excluding hydrogens is 403 g/mol. The molecule has 0 N–H and O–H groups in total. The molecule has 0 bridgehead atoms. The van der Waals surface area contributed by atoms with Crippen molar-refractivity contribution in [3.05, 3.63) is 67.4 Å². The van der Waals surface area contributed by atoms with Gasteiger partial charge in [-0.2, -0.15) is 8.42 Å². The molecule has 0 saturated heterocycles. The summed E-state index contributed by atoms with van der Waals surface area (Å²) >= 11 is 1.85. The molecule has 0 aliphatic heterocycles. The summed E-state index contributed by atoms with van der Waals surface area (Å²) in [6.45, 7) is 3.62. The molecule has 0 spiro atoms. The SMILES string of the molecule is Cc1ccc(S(=O)(=O)Oc2cc(C)ccc(I)c2=O)cc1. The number of aryl methyl sites for hydroxylation is 2. The fourth-order valence-corrected chi connectivity index (χ4v) is 3.02. The van der Waals surface area contributed by atoms with Gasteiger partial charge in [0.25, 0.3) is 0 Å². The Morgan fingerprint density at radius 1 is 0.952 bits per heavy atom. The molecule has 0 aliphatic rings. The number of benzene rings is 1. The largest absolute Gasteiger partial charge is 0.375 e. The van der Waals surface area contributed by atoms with Gasteiger partial charge in [0.2, 0.25) is 5.43 Å². The van der Waals surface area contributed by atoms with Crippen LogP contribution in [0.1, 0.15) is 11.1 Å². The molecule has 0 radical (unpaired) electrons. The molecule has 4 nitrogen and oxygen atoms in total. The van der Waals surface area contributed by atoms with Gasteiger partial charge in [-0.05, 0) is 66.3 Å². The zero-order valence-electron chi connectivity index (χ0n) is 11.5. The van der Waals surface area contributed by atoms with Gasteiger partial charge in [-0.1, -0.05) is 23.8 Å². The monoisotopic (exact) mass is 416 g/mol. The van der Waals surface area contributed by atoms with E-state index in [1.165, 1.54) is 18.2 Å². The smallest absolute Gasteiger partial charge is 0.339 e. The van der Waals surface area contributed by atoms with Crippen molar-refractivity contribution in [1.82, 2.24) is 0 Å². The molecule has 110 valence electrons. The lowest BCUT2D eigenvalue weighted by Gasteiger charge is -2.06. The highest BCUT2D eigenvalue weighted by Crippen LogP contribution is 2.17. The maximum Gasteiger partial charge on any atom is 0.339 e. The normalized spacial score (nSPS) is 11.2. The zero-order chi connectivity index (χ0) is 15.6. The maximum atomic E-state index is 12.2. The topological polar surface area (TPSA) is 60.4 Å². The van der Waals surface area contributed by atoms with Crippen LogP contribution in [0, 0.1) is 17.4 Å². The van der Waals surface area contributed by atoms with Gasteiger partial charge in [0.05, 0.1) is 3.57 Å². The second-order valence-electron chi connectivity index (χ2n) is 4.61. The van der Waals surface area contributed by atoms with E-state index in [4.69, 9.17) is 4.18 Å². The van der Waals surface area contributed by atoms with E-state index in [0.717, 1.165) is 11.1 Å². The summed E-state index contributed by atoms with van der Waals surface area (Å²) in [6.07, 6.45) is 0. The Kier molecular flexibility index (Phi) is 4.67. The van der Waals surface area contributed by atoms with Gasteiger partial charge in [0, 0.05) is 0 Å². The highest BCUT2D eigenvalue weighted by Gasteiger charge is 2.18. The lowest BCUT2D eigenvalue weighted by atomic mass is 10.2. The molecule has 0 atom stereocenters. The Morgan fingerprint density at radius 3 is 2.14 bits per heavy atom. The van der Waals surface area contributed by atoms with Crippen LogP contribution in [0.2, 0.25) is 0 Å². The van der Waals surface area contributed by atoms with Crippen LogP contribution in [0.15, 0.2) is 52.2 Å². The Bertz CT molecular complexity index is 827. The Morgan fingerprint density at radius 2 is 1.52 bits per heavy atom. The molecule has 2 aromatic carbocycles. The number of rotatable bonds is 3. The van der Waals surface area contributed by atoms with Gasteiger partial charge in [0.1, 0.15) is 4.90 Å². The van der Waals surface area contributed by atoms with Crippen LogP contribution in [-0.4, -0.2) is 8.42 Å². The van der Waals surface area contributed by atoms with E-state index >= 15 is 0 Å². The minimum atomic E-state index is -4.02. The quantitative estimate of drug-likeness (QED) is 0.570. The second-order valence-corrected chi connectivity index (χ2v) is 7.32. The van der Waals surface area contributed by atoms with E-state index in [1.807, 2.05) is 29.5 Å². The summed E-state index contributed by atoms with van der Waals surface area (Å²) in [5.41, 5.74) is 1.23. The Hall–Kier alpha value is -1.41. The molecule has 0 fully saturated rings. The number of halogens is 1. The minimum Gasteiger partial charge on any atom is -0.375 e. The van der Waals surface area contributed by atoms with E-state index < -0.39 is 15.5 Å². The van der Waals surface area contributed by atoms with Crippen LogP contribution < -0.4 is 9.61 Å². The third-order valence-corrected chi connectivity index (χ3v) is 4.90. The predicted molar refractivity (Wildman–Crippen MR) is 89.2 cm³/mol. The van der Waals surface area contributed by atoms with Crippen molar-refractivity contribution in [3.63, 3.8) is 0 Å². The summed E-state index contributed by atoms with van der Waals surface area (Å²) in [5.74, 6) is -0.192. The maximum absolute atomic E-state index is 12.2. The molecule has 0 amide bonds. The molecule has 0 aliphatic carbocycles. The van der Waals surface area contributed by atoms with E-state index in [-0.39, 0.29) is 10.6 Å². The summed E-state index contributed by atoms with van der Waals surface area (Å²) in [6, 6.07) is 11.0. The average Bonchev–Trinajstić information content (AvgIpc) is 2.53. The summed E-state index contributed by atoms with van der Waals surface area (Å²) < 4.78 is 29.9. The van der Waals surface area contributed by atoms with Crippen LogP contribution in [0.3, 0.4) is 0 Å². The Balaban J connectivity index is 2.49. The number of hydrogen-bond donors (Lipinski definition) is 0. The minimum absolute atomic E-state index is 0.0201. The highest BCUT2D eigenvalue weighted by atomic mass is 127. The van der Waals surface area contributed by atoms with E-state index in [1.54, 1.807) is 31.2 Å². The molecule has 6 heteroatoms. The van der Waals surface area contributed by atoms with Crippen molar-refractivity contribution in [2.24, 2.45) is 0 Å². The third-order valence-electron chi connectivity index (χ3n) is 2.80. The predicted octanol–water partition coefficient (Wildman–Crippen LogP) is 3.04. The van der Waals surface area contributed by atoms with Gasteiger partial charge in [0.15, 0.2) is 5.75 Å². The fraction of sp³-hybridized carbons (Fsp3) is 0.133. The molecule has 0 aromatic heterocycles. The standard InChI is InChI=1S/C15H13IO4S/c1-10-3-6-12(7-4-10)21(18,19)20-14-9-11(2)5-8-13(16)15(14)17/h3-9H,1-2H3. The molecule has 21 heavy (non-hydrogen) atoms. The van der Waals surface area contributed by atoms with Crippen molar-refractivity contribution in [3.8, 4) is 5.75 Å². The Labute approximate surface area is 137 Å². The van der Waals surface area contributed by atoms with Gasteiger partial charge >= 0.3 is 10.1 Å². The van der Waals surface area contributed by atoms with Gasteiger partial charge in [-0.3, -0.25) is 4.79 Å². The second kappa shape index (κ2) is 6.15. The highest BCUT2D eigenvalue weighted by molar-refractivity contribution is 14.1. The van der Waals surface area contributed by atoms with Crippen LogP contribution >= 0.6 is 22.6 Å². The van der Waals surface area contributed by atoms with Gasteiger partial charge in [-0.15, -0.1) is 0 Å². The average molecular weight is 416 g/mol. The van der Waals surface area contributed by atoms with Crippen molar-refractivity contribution in [1.29, 1.82) is 0 Å². The summed E-state index contributed by atoms with van der Waals surface area (Å²) in [4.78, 5) is 12.1. The summed E-state index contributed by atoms with van der Waals surface area (Å²) in [7, 11) is -4.02. The van der Waals surface area contributed by atoms with Crippen LogP contribution in [-0.2, 0) is 10.1 Å². The third kappa shape index (κ3) is 3.82. The van der Waals surface area contributed by atoms with E-state index in [9.17, 15) is 13.2 Å². The van der Waals surface area contributed by atoms with Crippen molar-refractivity contribution < 1.29 is 12.6 Å². The first-order valence-corrected chi connectivity index (χ1v) is 8.60. The van der Waals surface area contributed by atoms with Gasteiger partial charge in [-0.25, -0.2) is 0 Å². The summed E-state index contributed by atoms with van der Waals surface area (Å²) in [5, 5.41) is 0. The van der Waals surface area contributed by atoms with E-state index in [0.29, 0.717) is 3.57 Å². The fourth-order valence-electron chi connectivity index (χ4n) is 1.65. The molecule has 0 unspecified atom stereocenters. The molecule has 2 rings (SSSR count). The van der Waals surface area contributed by atoms with Crippen molar-refractivity contribution >= 4 is 32.7 Å². The van der Waals surface area contributed by atoms with E-state index in [2.05, 4.69) is 0 Å². The first-order valence-electron chi connectivity index (χ1n) is 6.11. The van der Waals surface area contributed by atoms with Crippen LogP contribution in [0.5, 0.6) is 5.75 Å². The van der Waals surface area contributed by atoms with Crippen LogP contribution in [0.4, 0.5) is 0 Å². The van der Waals surface area contributed by atoms with Gasteiger partial charge < -0.3 is 4.18 Å². The van der Waals surface area contributed by atoms with Crippen molar-refractivity contribution in [2.45, 2.75) is 18.7 Å². The first-order chi connectivity index (χ1) is 9.79.